The lowest BCUT2D eigenvalue weighted by molar-refractivity contribution is 0.252. The zero-order chi connectivity index (χ0) is 11.1. The summed E-state index contributed by atoms with van der Waals surface area (Å²) < 4.78 is 24.3. The Kier molecular flexibility index (Phi) is 4.91. The number of hydrogen-bond donors (Lipinski definition) is 1. The van der Waals surface area contributed by atoms with Crippen molar-refractivity contribution in [3.05, 3.63) is 24.3 Å². The molecular formula is C10H10F2N2S. The number of anilines is 1. The van der Waals surface area contributed by atoms with Crippen molar-refractivity contribution in [1.82, 2.24) is 0 Å². The van der Waals surface area contributed by atoms with E-state index in [4.69, 9.17) is 5.26 Å². The number of nitriles is 1. The van der Waals surface area contributed by atoms with E-state index in [0.717, 1.165) is 0 Å². The van der Waals surface area contributed by atoms with Crippen molar-refractivity contribution in [3.8, 4) is 6.07 Å². The van der Waals surface area contributed by atoms with Crippen LogP contribution in [0, 0.1) is 11.3 Å². The lowest BCUT2D eigenvalue weighted by Gasteiger charge is -2.09. The molecule has 1 aromatic rings. The van der Waals surface area contributed by atoms with Crippen molar-refractivity contribution < 1.29 is 8.78 Å². The molecular weight excluding hydrogens is 218 g/mol. The summed E-state index contributed by atoms with van der Waals surface area (Å²) >= 11 is 0.504. The highest BCUT2D eigenvalue weighted by Crippen LogP contribution is 2.31. The first kappa shape index (κ1) is 11.8. The molecule has 0 atom stereocenters. The maximum Gasteiger partial charge on any atom is 0.288 e. The molecule has 1 aromatic carbocycles. The molecule has 0 saturated carbocycles. The van der Waals surface area contributed by atoms with Gasteiger partial charge in [-0.15, -0.1) is 0 Å². The van der Waals surface area contributed by atoms with Crippen molar-refractivity contribution in [2.75, 3.05) is 11.9 Å². The van der Waals surface area contributed by atoms with Crippen molar-refractivity contribution in [3.63, 3.8) is 0 Å². The highest BCUT2D eigenvalue weighted by atomic mass is 32.2. The predicted octanol–water partition coefficient (Wildman–Crippen LogP) is 3.33. The summed E-state index contributed by atoms with van der Waals surface area (Å²) in [6.07, 6.45) is 0.355. The fourth-order valence-corrected chi connectivity index (χ4v) is 1.68. The Balaban J connectivity index is 2.65. The van der Waals surface area contributed by atoms with Crippen LogP contribution in [0.4, 0.5) is 14.5 Å². The van der Waals surface area contributed by atoms with Gasteiger partial charge in [-0.1, -0.05) is 23.9 Å². The fraction of sp³-hybridized carbons (Fsp3) is 0.300. The van der Waals surface area contributed by atoms with Crippen LogP contribution in [0.25, 0.3) is 0 Å². The number of hydrogen-bond acceptors (Lipinski definition) is 3. The second-order valence-electron chi connectivity index (χ2n) is 2.71. The molecule has 0 bridgehead atoms. The molecule has 0 aliphatic heterocycles. The molecule has 2 nitrogen and oxygen atoms in total. The molecule has 0 saturated heterocycles. The molecule has 80 valence electrons. The van der Waals surface area contributed by atoms with E-state index < -0.39 is 5.76 Å². The van der Waals surface area contributed by atoms with Crippen molar-refractivity contribution >= 4 is 17.4 Å². The quantitative estimate of drug-likeness (QED) is 0.620. The number of para-hydroxylation sites is 1. The number of halogens is 2. The van der Waals surface area contributed by atoms with Gasteiger partial charge in [0.1, 0.15) is 0 Å². The van der Waals surface area contributed by atoms with Crippen LogP contribution in [0.3, 0.4) is 0 Å². The monoisotopic (exact) mass is 228 g/mol. The van der Waals surface area contributed by atoms with E-state index >= 15 is 0 Å². The molecule has 1 N–H and O–H groups in total. The molecule has 0 fully saturated rings. The number of nitrogens with zero attached hydrogens (tertiary/aromatic N) is 1. The van der Waals surface area contributed by atoms with Gasteiger partial charge in [-0.2, -0.15) is 14.0 Å². The molecule has 15 heavy (non-hydrogen) atoms. The summed E-state index contributed by atoms with van der Waals surface area (Å²) in [5.74, 6) is -2.43. The molecule has 0 radical (unpaired) electrons. The second-order valence-corrected chi connectivity index (χ2v) is 3.74. The normalized spacial score (nSPS) is 10.0. The minimum absolute atomic E-state index is 0.355. The molecule has 0 aliphatic rings. The Morgan fingerprint density at radius 1 is 1.40 bits per heavy atom. The van der Waals surface area contributed by atoms with E-state index in [2.05, 4.69) is 5.32 Å². The number of benzene rings is 1. The smallest absolute Gasteiger partial charge is 0.288 e. The summed E-state index contributed by atoms with van der Waals surface area (Å²) in [6, 6.07) is 8.81. The number of thioether (sulfide) groups is 1. The topological polar surface area (TPSA) is 35.8 Å². The summed E-state index contributed by atoms with van der Waals surface area (Å²) in [7, 11) is 0. The van der Waals surface area contributed by atoms with Gasteiger partial charge in [0.2, 0.25) is 0 Å². The largest absolute Gasteiger partial charge is 0.383 e. The molecule has 5 heteroatoms. The molecule has 0 aromatic heterocycles. The van der Waals surface area contributed by atoms with Crippen molar-refractivity contribution in [2.45, 2.75) is 17.1 Å². The Morgan fingerprint density at radius 3 is 2.80 bits per heavy atom. The number of nitrogens with one attached hydrogen (secondary N) is 1. The van der Waals surface area contributed by atoms with Gasteiger partial charge in [0, 0.05) is 17.1 Å². The third-order valence-electron chi connectivity index (χ3n) is 1.66. The van der Waals surface area contributed by atoms with Gasteiger partial charge in [0.25, 0.3) is 5.76 Å². The van der Waals surface area contributed by atoms with E-state index in [1.165, 1.54) is 0 Å². The molecule has 0 amide bonds. The first-order chi connectivity index (χ1) is 7.24. The predicted molar refractivity (Wildman–Crippen MR) is 57.0 cm³/mol. The standard InChI is InChI=1S/C10H10F2N2S/c11-10(12)15-9-5-2-1-4-8(9)14-7-3-6-13/h1-2,4-5,10,14H,3,7H2. The Hall–Kier alpha value is -1.28. The summed E-state index contributed by atoms with van der Waals surface area (Å²) in [6.45, 7) is 0.470. The number of alkyl halides is 2. The van der Waals surface area contributed by atoms with Crippen LogP contribution in [0.15, 0.2) is 29.2 Å². The molecule has 0 heterocycles. The molecule has 1 rings (SSSR count). The maximum atomic E-state index is 12.2. The van der Waals surface area contributed by atoms with Crippen LogP contribution in [0.5, 0.6) is 0 Å². The van der Waals surface area contributed by atoms with Crippen LogP contribution in [-0.4, -0.2) is 12.3 Å². The molecule has 0 spiro atoms. The minimum Gasteiger partial charge on any atom is -0.383 e. The van der Waals surface area contributed by atoms with Crippen LogP contribution in [-0.2, 0) is 0 Å². The van der Waals surface area contributed by atoms with Crippen molar-refractivity contribution in [2.24, 2.45) is 0 Å². The highest BCUT2D eigenvalue weighted by molar-refractivity contribution is 7.99. The lowest BCUT2D eigenvalue weighted by Crippen LogP contribution is -2.01. The van der Waals surface area contributed by atoms with E-state index in [1.54, 1.807) is 24.3 Å². The van der Waals surface area contributed by atoms with Crippen LogP contribution < -0.4 is 5.32 Å². The van der Waals surface area contributed by atoms with Crippen LogP contribution >= 0.6 is 11.8 Å². The third kappa shape index (κ3) is 4.17. The van der Waals surface area contributed by atoms with Gasteiger partial charge < -0.3 is 5.32 Å². The van der Waals surface area contributed by atoms with Gasteiger partial charge in [-0.25, -0.2) is 0 Å². The summed E-state index contributed by atoms with van der Waals surface area (Å²) in [5.41, 5.74) is 0.651. The van der Waals surface area contributed by atoms with Gasteiger partial charge in [-0.3, -0.25) is 0 Å². The van der Waals surface area contributed by atoms with Crippen molar-refractivity contribution in [1.29, 1.82) is 5.26 Å². The first-order valence-corrected chi connectivity index (χ1v) is 5.26. The average molecular weight is 228 g/mol. The maximum absolute atomic E-state index is 12.2. The second kappa shape index (κ2) is 6.25. The SMILES string of the molecule is N#CCCNc1ccccc1SC(F)F. The summed E-state index contributed by atoms with van der Waals surface area (Å²) in [5, 5.41) is 11.3. The minimum atomic E-state index is -2.43. The molecule has 0 aliphatic carbocycles. The van der Waals surface area contributed by atoms with Crippen LogP contribution in [0.2, 0.25) is 0 Å². The fourth-order valence-electron chi connectivity index (χ4n) is 1.06. The molecule has 0 unspecified atom stereocenters. The summed E-state index contributed by atoms with van der Waals surface area (Å²) in [4.78, 5) is 0.505. The van der Waals surface area contributed by atoms with E-state index in [0.29, 0.717) is 35.3 Å². The van der Waals surface area contributed by atoms with E-state index in [-0.39, 0.29) is 0 Å². The van der Waals surface area contributed by atoms with E-state index in [9.17, 15) is 8.78 Å². The zero-order valence-electron chi connectivity index (χ0n) is 7.91. The van der Waals surface area contributed by atoms with Crippen LogP contribution in [0.1, 0.15) is 6.42 Å². The Bertz CT molecular complexity index is 350. The Morgan fingerprint density at radius 2 is 2.13 bits per heavy atom. The van der Waals surface area contributed by atoms with Gasteiger partial charge in [-0.05, 0) is 12.1 Å². The third-order valence-corrected chi connectivity index (χ3v) is 2.44. The highest BCUT2D eigenvalue weighted by Gasteiger charge is 2.08. The first-order valence-electron chi connectivity index (χ1n) is 4.38. The number of rotatable bonds is 5. The Labute approximate surface area is 91.3 Å². The average Bonchev–Trinajstić information content (AvgIpc) is 2.20. The van der Waals surface area contributed by atoms with Gasteiger partial charge in [0.15, 0.2) is 0 Å². The van der Waals surface area contributed by atoms with E-state index in [1.807, 2.05) is 6.07 Å². The van der Waals surface area contributed by atoms with Gasteiger partial charge >= 0.3 is 0 Å². The lowest BCUT2D eigenvalue weighted by atomic mass is 10.3. The zero-order valence-corrected chi connectivity index (χ0v) is 8.73. The van der Waals surface area contributed by atoms with Gasteiger partial charge in [0.05, 0.1) is 12.5 Å².